The highest BCUT2D eigenvalue weighted by molar-refractivity contribution is 7.15. The van der Waals surface area contributed by atoms with E-state index in [0.29, 0.717) is 0 Å². The van der Waals surface area contributed by atoms with Crippen LogP contribution in [0.2, 0.25) is 0 Å². The zero-order valence-corrected chi connectivity index (χ0v) is 15.4. The van der Waals surface area contributed by atoms with Crippen LogP contribution in [0.1, 0.15) is 41.7 Å². The molecule has 0 saturated carbocycles. The monoisotopic (exact) mass is 347 g/mol. The Balaban J connectivity index is 1.81. The van der Waals surface area contributed by atoms with Crippen LogP contribution in [0.3, 0.4) is 0 Å². The molecule has 6 nitrogen and oxygen atoms in total. The quantitative estimate of drug-likeness (QED) is 0.863. The summed E-state index contributed by atoms with van der Waals surface area (Å²) in [6.07, 6.45) is 5.42. The third kappa shape index (κ3) is 4.28. The van der Waals surface area contributed by atoms with Gasteiger partial charge in [0.2, 0.25) is 0 Å². The van der Waals surface area contributed by atoms with Crippen LogP contribution in [0, 0.1) is 13.8 Å². The van der Waals surface area contributed by atoms with Gasteiger partial charge in [-0.25, -0.2) is 15.0 Å². The molecule has 0 bridgehead atoms. The number of anilines is 2. The van der Waals surface area contributed by atoms with Crippen LogP contribution in [-0.4, -0.2) is 46.7 Å². The number of methoxy groups -OCH3 is 1. The highest BCUT2D eigenvalue weighted by Gasteiger charge is 2.26. The summed E-state index contributed by atoms with van der Waals surface area (Å²) in [5.74, 6) is 1.73. The fraction of sp³-hybridized carbons (Fsp3) is 0.588. The smallest absolute Gasteiger partial charge is 0.188 e. The molecule has 1 aliphatic heterocycles. The van der Waals surface area contributed by atoms with Crippen molar-refractivity contribution in [2.24, 2.45) is 0 Å². The molecule has 0 radical (unpaired) electrons. The maximum absolute atomic E-state index is 5.26. The number of rotatable bonds is 6. The molecule has 0 amide bonds. The van der Waals surface area contributed by atoms with Crippen molar-refractivity contribution in [3.05, 3.63) is 28.7 Å². The van der Waals surface area contributed by atoms with Crippen LogP contribution in [0.4, 0.5) is 10.9 Å². The summed E-state index contributed by atoms with van der Waals surface area (Å²) in [5.41, 5.74) is 0.980. The summed E-state index contributed by atoms with van der Waals surface area (Å²) < 4.78 is 5.26. The number of hydrogen-bond acceptors (Lipinski definition) is 7. The van der Waals surface area contributed by atoms with E-state index in [0.717, 1.165) is 48.6 Å². The van der Waals surface area contributed by atoms with Crippen molar-refractivity contribution in [3.63, 3.8) is 0 Å². The minimum atomic E-state index is 0.271. The van der Waals surface area contributed by atoms with Crippen molar-refractivity contribution in [1.29, 1.82) is 0 Å². The van der Waals surface area contributed by atoms with Gasteiger partial charge in [-0.3, -0.25) is 4.90 Å². The van der Waals surface area contributed by atoms with Crippen molar-refractivity contribution < 1.29 is 4.74 Å². The molecule has 2 aromatic rings. The zero-order valence-electron chi connectivity index (χ0n) is 14.6. The zero-order chi connectivity index (χ0) is 16.9. The maximum atomic E-state index is 5.26. The molecule has 1 N–H and O–H groups in total. The molecule has 0 aliphatic carbocycles. The number of nitrogens with one attached hydrogen (secondary N) is 1. The molecule has 3 heterocycles. The van der Waals surface area contributed by atoms with Crippen LogP contribution in [0.15, 0.2) is 12.3 Å². The molecule has 1 saturated heterocycles. The number of likely N-dealkylation sites (tertiary alicyclic amines) is 1. The van der Waals surface area contributed by atoms with E-state index in [1.807, 2.05) is 19.2 Å². The molecule has 24 heavy (non-hydrogen) atoms. The van der Waals surface area contributed by atoms with Gasteiger partial charge in [-0.15, -0.1) is 11.3 Å². The molecule has 3 rings (SSSR count). The largest absolute Gasteiger partial charge is 0.383 e. The average molecular weight is 347 g/mol. The van der Waals surface area contributed by atoms with E-state index in [2.05, 4.69) is 22.1 Å². The molecular formula is C17H25N5OS. The molecular weight excluding hydrogens is 322 g/mol. The number of aryl methyl sites for hydroxylation is 2. The van der Waals surface area contributed by atoms with Gasteiger partial charge >= 0.3 is 0 Å². The van der Waals surface area contributed by atoms with Crippen molar-refractivity contribution >= 4 is 22.3 Å². The lowest BCUT2D eigenvalue weighted by molar-refractivity contribution is 0.0922. The molecule has 1 unspecified atom stereocenters. The first-order valence-corrected chi connectivity index (χ1v) is 9.25. The second-order valence-corrected chi connectivity index (χ2v) is 7.43. The Morgan fingerprint density at radius 3 is 2.96 bits per heavy atom. The fourth-order valence-electron chi connectivity index (χ4n) is 3.09. The van der Waals surface area contributed by atoms with Crippen LogP contribution in [0.25, 0.3) is 0 Å². The third-order valence-corrected chi connectivity index (χ3v) is 5.05. The molecule has 1 fully saturated rings. The lowest BCUT2D eigenvalue weighted by atomic mass is 10.0. The Hall–Kier alpha value is -1.57. The third-order valence-electron chi connectivity index (χ3n) is 4.22. The second-order valence-electron chi connectivity index (χ2n) is 6.19. The summed E-state index contributed by atoms with van der Waals surface area (Å²) in [5, 5.41) is 4.19. The fourth-order valence-corrected chi connectivity index (χ4v) is 3.76. The molecule has 0 aromatic carbocycles. The Morgan fingerprint density at radius 1 is 1.33 bits per heavy atom. The number of thiazole rings is 1. The highest BCUT2D eigenvalue weighted by atomic mass is 32.1. The van der Waals surface area contributed by atoms with Gasteiger partial charge in [-0.05, 0) is 33.2 Å². The van der Waals surface area contributed by atoms with Crippen molar-refractivity contribution in [2.45, 2.75) is 39.2 Å². The van der Waals surface area contributed by atoms with Crippen LogP contribution in [-0.2, 0) is 4.74 Å². The van der Waals surface area contributed by atoms with Gasteiger partial charge in [0, 0.05) is 36.5 Å². The molecule has 0 spiro atoms. The Morgan fingerprint density at radius 2 is 2.21 bits per heavy atom. The Labute approximate surface area is 147 Å². The maximum Gasteiger partial charge on any atom is 0.188 e. The first-order valence-electron chi connectivity index (χ1n) is 8.44. The Bertz CT molecular complexity index is 675. The van der Waals surface area contributed by atoms with Crippen molar-refractivity contribution in [2.75, 3.05) is 32.1 Å². The first-order chi connectivity index (χ1) is 11.7. The number of nitrogens with zero attached hydrogens (tertiary/aromatic N) is 4. The highest BCUT2D eigenvalue weighted by Crippen LogP contribution is 2.30. The van der Waals surface area contributed by atoms with Gasteiger partial charge in [0.1, 0.15) is 11.6 Å². The molecule has 1 aliphatic rings. The average Bonchev–Trinajstić information content (AvgIpc) is 2.97. The lowest BCUT2D eigenvalue weighted by Crippen LogP contribution is -2.36. The SMILES string of the molecule is COCCN1CCCCC1c1nc(C)cc(Nc2ncc(C)s2)n1. The molecule has 7 heteroatoms. The minimum Gasteiger partial charge on any atom is -0.383 e. The van der Waals surface area contributed by atoms with Gasteiger partial charge in [0.25, 0.3) is 0 Å². The minimum absolute atomic E-state index is 0.271. The van der Waals surface area contributed by atoms with Crippen molar-refractivity contribution in [3.8, 4) is 0 Å². The number of ether oxygens (including phenoxy) is 1. The van der Waals surface area contributed by atoms with E-state index >= 15 is 0 Å². The standard InChI is InChI=1S/C17H25N5OS/c1-12-10-15(21-17-18-11-13(2)24-17)20-16(19-12)14-6-4-5-7-22(14)8-9-23-3/h10-11,14H,4-9H2,1-3H3,(H,18,19,20,21). The van der Waals surface area contributed by atoms with E-state index in [1.54, 1.807) is 18.4 Å². The van der Waals surface area contributed by atoms with E-state index < -0.39 is 0 Å². The summed E-state index contributed by atoms with van der Waals surface area (Å²) in [6, 6.07) is 2.25. The predicted molar refractivity (Wildman–Crippen MR) is 96.9 cm³/mol. The van der Waals surface area contributed by atoms with Gasteiger partial charge in [-0.2, -0.15) is 0 Å². The van der Waals surface area contributed by atoms with Gasteiger partial charge < -0.3 is 10.1 Å². The Kier molecular flexibility index (Phi) is 5.76. The van der Waals surface area contributed by atoms with E-state index in [1.165, 1.54) is 17.7 Å². The number of hydrogen-bond donors (Lipinski definition) is 1. The first kappa shape index (κ1) is 17.3. The lowest BCUT2D eigenvalue weighted by Gasteiger charge is -2.34. The van der Waals surface area contributed by atoms with E-state index in [4.69, 9.17) is 14.7 Å². The topological polar surface area (TPSA) is 63.2 Å². The summed E-state index contributed by atoms with van der Waals surface area (Å²) >= 11 is 1.63. The van der Waals surface area contributed by atoms with E-state index in [-0.39, 0.29) is 6.04 Å². The van der Waals surface area contributed by atoms with Gasteiger partial charge in [0.15, 0.2) is 5.13 Å². The second kappa shape index (κ2) is 8.00. The summed E-state index contributed by atoms with van der Waals surface area (Å²) in [6.45, 7) is 6.82. The van der Waals surface area contributed by atoms with Gasteiger partial charge in [0.05, 0.1) is 12.6 Å². The predicted octanol–water partition coefficient (Wildman–Crippen LogP) is 3.47. The van der Waals surface area contributed by atoms with Crippen molar-refractivity contribution in [1.82, 2.24) is 19.9 Å². The van der Waals surface area contributed by atoms with Crippen LogP contribution in [0.5, 0.6) is 0 Å². The van der Waals surface area contributed by atoms with Crippen LogP contribution < -0.4 is 5.32 Å². The molecule has 1 atom stereocenters. The van der Waals surface area contributed by atoms with E-state index in [9.17, 15) is 0 Å². The summed E-state index contributed by atoms with van der Waals surface area (Å²) in [7, 11) is 1.75. The molecule has 2 aromatic heterocycles. The van der Waals surface area contributed by atoms with Gasteiger partial charge in [-0.1, -0.05) is 6.42 Å². The number of aromatic nitrogens is 3. The van der Waals surface area contributed by atoms with Crippen LogP contribution >= 0.6 is 11.3 Å². The summed E-state index contributed by atoms with van der Waals surface area (Å²) in [4.78, 5) is 17.5. The number of piperidine rings is 1. The molecule has 130 valence electrons. The normalized spacial score (nSPS) is 18.7.